The lowest BCUT2D eigenvalue weighted by Gasteiger charge is -2.48. The van der Waals surface area contributed by atoms with Crippen molar-refractivity contribution in [2.45, 2.75) is 18.9 Å². The third-order valence-electron chi connectivity index (χ3n) is 5.12. The van der Waals surface area contributed by atoms with Gasteiger partial charge in [-0.05, 0) is 30.7 Å². The molecule has 0 radical (unpaired) electrons. The van der Waals surface area contributed by atoms with Gasteiger partial charge >= 0.3 is 0 Å². The molecule has 0 bridgehead atoms. The van der Waals surface area contributed by atoms with Crippen LogP contribution in [-0.4, -0.2) is 46.1 Å². The Morgan fingerprint density at radius 3 is 2.88 bits per heavy atom. The minimum Gasteiger partial charge on any atom is -0.346 e. The van der Waals surface area contributed by atoms with E-state index in [9.17, 15) is 13.7 Å². The van der Waals surface area contributed by atoms with Crippen molar-refractivity contribution in [2.75, 3.05) is 18.8 Å². The van der Waals surface area contributed by atoms with Crippen LogP contribution in [0.4, 0.5) is 0 Å². The summed E-state index contributed by atoms with van der Waals surface area (Å²) in [7, 11) is -3.23. The van der Waals surface area contributed by atoms with Crippen LogP contribution in [0.25, 0.3) is 22.2 Å². The lowest BCUT2D eigenvalue weighted by molar-refractivity contribution is 0.0851. The first kappa shape index (κ1) is 16.8. The largest absolute Gasteiger partial charge is 0.346 e. The van der Waals surface area contributed by atoms with Gasteiger partial charge in [0.1, 0.15) is 5.65 Å². The first-order valence-electron chi connectivity index (χ1n) is 8.45. The van der Waals surface area contributed by atoms with Crippen molar-refractivity contribution in [1.82, 2.24) is 18.8 Å². The molecule has 8 heteroatoms. The van der Waals surface area contributed by atoms with Crippen LogP contribution in [0.2, 0.25) is 0 Å². The molecule has 3 aromatic rings. The Kier molecular flexibility index (Phi) is 3.86. The zero-order chi connectivity index (χ0) is 18.4. The van der Waals surface area contributed by atoms with E-state index in [-0.39, 0.29) is 12.2 Å². The molecule has 4 heterocycles. The summed E-state index contributed by atoms with van der Waals surface area (Å²) in [6.07, 6.45) is 7.81. The Bertz CT molecular complexity index is 1100. The summed E-state index contributed by atoms with van der Waals surface area (Å²) in [5.74, 6) is 0.0784. The molecule has 0 saturated carbocycles. The number of nitrogens with zero attached hydrogens (tertiary/aromatic N) is 4. The second-order valence-corrected chi connectivity index (χ2v) is 8.89. The molecule has 134 valence electrons. The van der Waals surface area contributed by atoms with E-state index in [2.05, 4.69) is 16.0 Å². The number of H-pyrrole nitrogens is 1. The van der Waals surface area contributed by atoms with Crippen molar-refractivity contribution in [3.63, 3.8) is 0 Å². The van der Waals surface area contributed by atoms with Crippen molar-refractivity contribution < 1.29 is 8.42 Å². The van der Waals surface area contributed by atoms with E-state index < -0.39 is 15.6 Å². The highest BCUT2D eigenvalue weighted by molar-refractivity contribution is 7.89. The zero-order valence-corrected chi connectivity index (χ0v) is 15.2. The van der Waals surface area contributed by atoms with Gasteiger partial charge in [-0.2, -0.15) is 9.57 Å². The van der Waals surface area contributed by atoms with Crippen molar-refractivity contribution in [3.05, 3.63) is 43.0 Å². The van der Waals surface area contributed by atoms with Crippen molar-refractivity contribution >= 4 is 21.1 Å². The molecule has 4 rings (SSSR count). The van der Waals surface area contributed by atoms with Crippen LogP contribution in [0, 0.1) is 11.3 Å². The Balaban J connectivity index is 1.69. The SMILES string of the molecule is CCS(=O)(=O)N1CC(CC#N)(n2ccc(-c3ccnc4[nH]ccc34)c2)C1. The predicted molar refractivity (Wildman–Crippen MR) is 98.8 cm³/mol. The molecule has 1 aliphatic rings. The molecule has 0 aliphatic carbocycles. The summed E-state index contributed by atoms with van der Waals surface area (Å²) in [5.41, 5.74) is 2.40. The Morgan fingerprint density at radius 2 is 2.15 bits per heavy atom. The molecule has 1 fully saturated rings. The maximum Gasteiger partial charge on any atom is 0.213 e. The van der Waals surface area contributed by atoms with Crippen molar-refractivity contribution in [2.24, 2.45) is 0 Å². The second-order valence-electron chi connectivity index (χ2n) is 6.63. The van der Waals surface area contributed by atoms with Gasteiger partial charge in [-0.15, -0.1) is 0 Å². The highest BCUT2D eigenvalue weighted by Gasteiger charge is 2.48. The van der Waals surface area contributed by atoms with Gasteiger partial charge in [-0.3, -0.25) is 0 Å². The van der Waals surface area contributed by atoms with Gasteiger partial charge in [0.2, 0.25) is 10.0 Å². The monoisotopic (exact) mass is 369 g/mol. The molecule has 0 unspecified atom stereocenters. The van der Waals surface area contributed by atoms with Gasteiger partial charge < -0.3 is 9.55 Å². The molecule has 3 aromatic heterocycles. The Morgan fingerprint density at radius 1 is 1.35 bits per heavy atom. The number of rotatable bonds is 5. The van der Waals surface area contributed by atoms with Crippen molar-refractivity contribution in [1.29, 1.82) is 5.26 Å². The Labute approximate surface area is 151 Å². The van der Waals surface area contributed by atoms with E-state index in [0.29, 0.717) is 13.1 Å². The fraction of sp³-hybridized carbons (Fsp3) is 0.333. The van der Waals surface area contributed by atoms with Gasteiger partial charge in [-0.25, -0.2) is 13.4 Å². The summed E-state index contributed by atoms with van der Waals surface area (Å²) in [6.45, 7) is 2.31. The van der Waals surface area contributed by atoms with Crippen LogP contribution in [0.5, 0.6) is 0 Å². The fourth-order valence-electron chi connectivity index (χ4n) is 3.57. The van der Waals surface area contributed by atoms with E-state index in [1.54, 1.807) is 13.1 Å². The van der Waals surface area contributed by atoms with Crippen LogP contribution in [-0.2, 0) is 15.6 Å². The predicted octanol–water partition coefficient (Wildman–Crippen LogP) is 2.31. The van der Waals surface area contributed by atoms with Crippen LogP contribution in [0.3, 0.4) is 0 Å². The third-order valence-corrected chi connectivity index (χ3v) is 6.89. The molecule has 0 atom stereocenters. The smallest absolute Gasteiger partial charge is 0.213 e. The van der Waals surface area contributed by atoms with Crippen LogP contribution in [0.1, 0.15) is 13.3 Å². The van der Waals surface area contributed by atoms with E-state index in [0.717, 1.165) is 22.2 Å². The number of hydrogen-bond acceptors (Lipinski definition) is 4. The van der Waals surface area contributed by atoms with Crippen LogP contribution in [0.15, 0.2) is 43.0 Å². The number of fused-ring (bicyclic) bond motifs is 1. The average molecular weight is 369 g/mol. The van der Waals surface area contributed by atoms with Gasteiger partial charge in [0, 0.05) is 48.8 Å². The molecule has 0 spiro atoms. The zero-order valence-electron chi connectivity index (χ0n) is 14.4. The lowest BCUT2D eigenvalue weighted by atomic mass is 9.89. The second kappa shape index (κ2) is 5.97. The quantitative estimate of drug-likeness (QED) is 0.746. The number of sulfonamides is 1. The minimum atomic E-state index is -3.23. The van der Waals surface area contributed by atoms with E-state index in [1.807, 2.05) is 41.4 Å². The molecule has 7 nitrogen and oxygen atoms in total. The molecule has 1 saturated heterocycles. The normalized spacial score (nSPS) is 17.1. The Hall–Kier alpha value is -2.63. The number of nitrogens with one attached hydrogen (secondary N) is 1. The molecular formula is C18H19N5O2S. The topological polar surface area (TPSA) is 94.8 Å². The maximum atomic E-state index is 12.1. The van der Waals surface area contributed by atoms with Gasteiger partial charge in [-0.1, -0.05) is 0 Å². The lowest BCUT2D eigenvalue weighted by Crippen LogP contribution is -2.63. The van der Waals surface area contributed by atoms with Gasteiger partial charge in [0.15, 0.2) is 0 Å². The average Bonchev–Trinajstić information content (AvgIpc) is 3.26. The third kappa shape index (κ3) is 2.52. The van der Waals surface area contributed by atoms with Crippen LogP contribution < -0.4 is 0 Å². The standard InChI is InChI=1S/C18H19N5O2S/c1-2-26(24,25)23-12-18(13-23,6-7-19)22-10-5-14(11-22)15-3-8-20-17-16(15)4-9-21-17/h3-5,8-11H,2,6,12-13H2,1H3,(H,20,21). The summed E-state index contributed by atoms with van der Waals surface area (Å²) < 4.78 is 27.6. The maximum absolute atomic E-state index is 12.1. The molecule has 1 N–H and O–H groups in total. The van der Waals surface area contributed by atoms with Gasteiger partial charge in [0.05, 0.1) is 23.8 Å². The minimum absolute atomic E-state index is 0.0784. The summed E-state index contributed by atoms with van der Waals surface area (Å²) in [4.78, 5) is 7.41. The van der Waals surface area contributed by atoms with E-state index in [4.69, 9.17) is 0 Å². The number of hydrogen-bond donors (Lipinski definition) is 1. The molecule has 1 aliphatic heterocycles. The van der Waals surface area contributed by atoms with E-state index >= 15 is 0 Å². The highest BCUT2D eigenvalue weighted by Crippen LogP contribution is 2.37. The first-order chi connectivity index (χ1) is 12.5. The van der Waals surface area contributed by atoms with E-state index in [1.165, 1.54) is 4.31 Å². The fourth-order valence-corrected chi connectivity index (χ4v) is 4.81. The number of nitriles is 1. The summed E-state index contributed by atoms with van der Waals surface area (Å²) >= 11 is 0. The number of aromatic amines is 1. The summed E-state index contributed by atoms with van der Waals surface area (Å²) in [5, 5.41) is 10.3. The number of aromatic nitrogens is 3. The molecular weight excluding hydrogens is 350 g/mol. The first-order valence-corrected chi connectivity index (χ1v) is 10.1. The number of pyridine rings is 1. The van der Waals surface area contributed by atoms with Gasteiger partial charge in [0.25, 0.3) is 0 Å². The highest BCUT2D eigenvalue weighted by atomic mass is 32.2. The summed E-state index contributed by atoms with van der Waals surface area (Å²) in [6, 6.07) is 8.16. The van der Waals surface area contributed by atoms with Crippen molar-refractivity contribution in [3.8, 4) is 17.2 Å². The van der Waals surface area contributed by atoms with Crippen LogP contribution >= 0.6 is 0 Å². The molecule has 26 heavy (non-hydrogen) atoms. The molecule has 0 amide bonds. The molecule has 0 aromatic carbocycles.